The van der Waals surface area contributed by atoms with E-state index in [2.05, 4.69) is 19.2 Å². The molecule has 0 aromatic heterocycles. The molecule has 0 saturated heterocycles. The number of hydrogen-bond acceptors (Lipinski definition) is 3. The van der Waals surface area contributed by atoms with Gasteiger partial charge in [-0.15, -0.1) is 0 Å². The van der Waals surface area contributed by atoms with E-state index in [1.165, 1.54) is 4.90 Å². The topological polar surface area (TPSA) is 49.4 Å². The van der Waals surface area contributed by atoms with Gasteiger partial charge in [0.1, 0.15) is 0 Å². The third-order valence-electron chi connectivity index (χ3n) is 3.38. The van der Waals surface area contributed by atoms with Crippen molar-refractivity contribution in [3.8, 4) is 0 Å². The Hall–Kier alpha value is -1.10. The molecule has 1 amide bonds. The molecule has 1 aromatic rings. The van der Waals surface area contributed by atoms with Gasteiger partial charge in [-0.3, -0.25) is 9.59 Å². The molecule has 0 radical (unpaired) electrons. The van der Waals surface area contributed by atoms with Gasteiger partial charge in [0.15, 0.2) is 0 Å². The number of anilines is 1. The summed E-state index contributed by atoms with van der Waals surface area (Å²) in [6, 6.07) is 3.52. The summed E-state index contributed by atoms with van der Waals surface area (Å²) >= 11 is 12.2. The van der Waals surface area contributed by atoms with Gasteiger partial charge in [-0.05, 0) is 24.6 Å². The molecule has 1 heterocycles. The molecular formula is C15H18Cl2N2O2. The minimum atomic E-state index is -0.582. The number of fused-ring (bicyclic) bond motifs is 1. The van der Waals surface area contributed by atoms with Crippen LogP contribution in [0.2, 0.25) is 10.0 Å². The number of hydrogen-bond donors (Lipinski definition) is 1. The average Bonchev–Trinajstić information content (AvgIpc) is 2.67. The quantitative estimate of drug-likeness (QED) is 0.844. The maximum absolute atomic E-state index is 12.2. The summed E-state index contributed by atoms with van der Waals surface area (Å²) in [6.45, 7) is 7.32. The van der Waals surface area contributed by atoms with Gasteiger partial charge in [-0.25, -0.2) is 0 Å². The fourth-order valence-corrected chi connectivity index (χ4v) is 2.84. The van der Waals surface area contributed by atoms with Crippen LogP contribution in [0.5, 0.6) is 0 Å². The van der Waals surface area contributed by atoms with Gasteiger partial charge < -0.3 is 10.2 Å². The van der Waals surface area contributed by atoms with E-state index in [0.29, 0.717) is 23.3 Å². The molecule has 2 rings (SSSR count). The van der Waals surface area contributed by atoms with E-state index in [-0.39, 0.29) is 16.5 Å². The van der Waals surface area contributed by atoms with E-state index < -0.39 is 11.7 Å². The minimum absolute atomic E-state index is 0.185. The number of benzene rings is 1. The highest BCUT2D eigenvalue weighted by molar-refractivity contribution is 6.56. The Kier molecular flexibility index (Phi) is 4.91. The van der Waals surface area contributed by atoms with Gasteiger partial charge in [0.25, 0.3) is 11.7 Å². The van der Waals surface area contributed by atoms with Crippen LogP contribution in [-0.2, 0) is 4.79 Å². The summed E-state index contributed by atoms with van der Waals surface area (Å²) < 4.78 is 0. The molecule has 0 aliphatic carbocycles. The number of halogens is 2. The molecule has 1 N–H and O–H groups in total. The van der Waals surface area contributed by atoms with Gasteiger partial charge in [0.05, 0.1) is 21.3 Å². The zero-order valence-corrected chi connectivity index (χ0v) is 13.8. The van der Waals surface area contributed by atoms with Crippen molar-refractivity contribution in [3.05, 3.63) is 27.7 Å². The van der Waals surface area contributed by atoms with Gasteiger partial charge in [0.2, 0.25) is 0 Å². The monoisotopic (exact) mass is 328 g/mol. The normalized spacial score (nSPS) is 15.8. The van der Waals surface area contributed by atoms with Crippen LogP contribution in [-0.4, -0.2) is 30.8 Å². The molecule has 114 valence electrons. The van der Waals surface area contributed by atoms with E-state index in [9.17, 15) is 9.59 Å². The molecule has 1 aliphatic rings. The second kappa shape index (κ2) is 6.34. The van der Waals surface area contributed by atoms with Crippen LogP contribution in [0.4, 0.5) is 5.69 Å². The first kappa shape index (κ1) is 16.3. The Morgan fingerprint density at radius 1 is 1.14 bits per heavy atom. The molecule has 0 saturated carbocycles. The predicted molar refractivity (Wildman–Crippen MR) is 85.4 cm³/mol. The van der Waals surface area contributed by atoms with Gasteiger partial charge in [-0.2, -0.15) is 0 Å². The lowest BCUT2D eigenvalue weighted by atomic mass is 10.1. The molecule has 1 aliphatic heterocycles. The van der Waals surface area contributed by atoms with Crippen LogP contribution in [0.25, 0.3) is 0 Å². The molecule has 1 aromatic carbocycles. The number of amides is 1. The van der Waals surface area contributed by atoms with E-state index in [1.807, 2.05) is 6.92 Å². The molecular weight excluding hydrogens is 311 g/mol. The van der Waals surface area contributed by atoms with Crippen LogP contribution in [0.15, 0.2) is 12.1 Å². The average molecular weight is 329 g/mol. The Morgan fingerprint density at radius 2 is 1.76 bits per heavy atom. The van der Waals surface area contributed by atoms with E-state index >= 15 is 0 Å². The first-order valence-corrected chi connectivity index (χ1v) is 7.66. The van der Waals surface area contributed by atoms with Crippen molar-refractivity contribution in [2.45, 2.75) is 26.8 Å². The summed E-state index contributed by atoms with van der Waals surface area (Å²) in [5.41, 5.74) is 0.661. The van der Waals surface area contributed by atoms with Crippen molar-refractivity contribution in [3.63, 3.8) is 0 Å². The maximum Gasteiger partial charge on any atom is 0.299 e. The fourth-order valence-electron chi connectivity index (χ4n) is 2.34. The predicted octanol–water partition coefficient (Wildman–Crippen LogP) is 3.16. The number of carbonyl (C=O) groups excluding carboxylic acids is 2. The third kappa shape index (κ3) is 3.23. The number of nitrogens with zero attached hydrogens (tertiary/aromatic N) is 1. The molecule has 1 unspecified atom stereocenters. The zero-order valence-electron chi connectivity index (χ0n) is 12.2. The van der Waals surface area contributed by atoms with Crippen LogP contribution < -0.4 is 10.2 Å². The molecule has 0 fully saturated rings. The summed E-state index contributed by atoms with van der Waals surface area (Å²) in [7, 11) is 0. The molecule has 1 atom stereocenters. The van der Waals surface area contributed by atoms with E-state index in [0.717, 1.165) is 6.54 Å². The summed E-state index contributed by atoms with van der Waals surface area (Å²) in [5.74, 6) is -0.955. The maximum atomic E-state index is 12.2. The second-order valence-corrected chi connectivity index (χ2v) is 6.48. The Bertz CT molecular complexity index is 587. The highest BCUT2D eigenvalue weighted by Crippen LogP contribution is 2.40. The van der Waals surface area contributed by atoms with Gasteiger partial charge in [-0.1, -0.05) is 44.0 Å². The first-order chi connectivity index (χ1) is 9.82. The van der Waals surface area contributed by atoms with E-state index in [1.54, 1.807) is 12.1 Å². The summed E-state index contributed by atoms with van der Waals surface area (Å²) in [4.78, 5) is 25.7. The zero-order chi connectivity index (χ0) is 15.7. The van der Waals surface area contributed by atoms with Crippen molar-refractivity contribution in [1.82, 2.24) is 5.32 Å². The molecule has 0 bridgehead atoms. The fraction of sp³-hybridized carbons (Fsp3) is 0.467. The van der Waals surface area contributed by atoms with Crippen molar-refractivity contribution >= 4 is 40.6 Å². The lowest BCUT2D eigenvalue weighted by Gasteiger charge is -2.23. The third-order valence-corrected chi connectivity index (χ3v) is 4.00. The number of carbonyl (C=O) groups is 2. The number of nitrogens with one attached hydrogen (secondary N) is 1. The number of rotatable bonds is 5. The SMILES string of the molecule is CC(CNC(C)C)CN1C(=O)C(=O)c2c(Cl)ccc(Cl)c21. The summed E-state index contributed by atoms with van der Waals surface area (Å²) in [5, 5.41) is 3.95. The van der Waals surface area contributed by atoms with Crippen molar-refractivity contribution < 1.29 is 9.59 Å². The number of ketones is 1. The Morgan fingerprint density at radius 3 is 2.38 bits per heavy atom. The smallest absolute Gasteiger partial charge is 0.299 e. The molecule has 0 spiro atoms. The molecule has 4 nitrogen and oxygen atoms in total. The second-order valence-electron chi connectivity index (χ2n) is 5.67. The van der Waals surface area contributed by atoms with Crippen molar-refractivity contribution in [1.29, 1.82) is 0 Å². The van der Waals surface area contributed by atoms with Crippen LogP contribution in [0, 0.1) is 5.92 Å². The van der Waals surface area contributed by atoms with E-state index in [4.69, 9.17) is 23.2 Å². The van der Waals surface area contributed by atoms with Crippen LogP contribution >= 0.6 is 23.2 Å². The Labute approximate surface area is 134 Å². The highest BCUT2D eigenvalue weighted by Gasteiger charge is 2.39. The lowest BCUT2D eigenvalue weighted by molar-refractivity contribution is -0.114. The van der Waals surface area contributed by atoms with Crippen molar-refractivity contribution in [2.24, 2.45) is 5.92 Å². The van der Waals surface area contributed by atoms with Gasteiger partial charge >= 0.3 is 0 Å². The molecule has 6 heteroatoms. The van der Waals surface area contributed by atoms with Crippen LogP contribution in [0.1, 0.15) is 31.1 Å². The van der Waals surface area contributed by atoms with Crippen LogP contribution in [0.3, 0.4) is 0 Å². The summed E-state index contributed by atoms with van der Waals surface area (Å²) in [6.07, 6.45) is 0. The standard InChI is InChI=1S/C15H18Cl2N2O2/c1-8(2)18-6-9(3)7-19-13-11(17)5-4-10(16)12(13)14(20)15(19)21/h4-5,8-9,18H,6-7H2,1-3H3. The highest BCUT2D eigenvalue weighted by atomic mass is 35.5. The molecule has 21 heavy (non-hydrogen) atoms. The minimum Gasteiger partial charge on any atom is -0.314 e. The number of Topliss-reactive ketones (excluding diaryl/α,β-unsaturated/α-hetero) is 1. The van der Waals surface area contributed by atoms with Gasteiger partial charge in [0, 0.05) is 12.6 Å². The lowest BCUT2D eigenvalue weighted by Crippen LogP contribution is -2.38. The largest absolute Gasteiger partial charge is 0.314 e. The van der Waals surface area contributed by atoms with Crippen molar-refractivity contribution in [2.75, 3.05) is 18.0 Å². The Balaban J connectivity index is 2.25. The first-order valence-electron chi connectivity index (χ1n) is 6.90.